The van der Waals surface area contributed by atoms with Gasteiger partial charge in [-0.3, -0.25) is 0 Å². The number of carbonyl (C=O) groups excluding carboxylic acids is 2. The van der Waals surface area contributed by atoms with Crippen molar-refractivity contribution in [3.8, 4) is 0 Å². The maximum absolute atomic E-state index is 11.6. The second-order valence-corrected chi connectivity index (χ2v) is 4.70. The molecule has 0 fully saturated rings. The SMILES string of the molecule is CCN(CC)C(=O)N(CC)CC.CN(C)C(=O)N(C)C. The minimum absolute atomic E-state index is 0.0185. The van der Waals surface area contributed by atoms with Gasteiger partial charge in [0.15, 0.2) is 0 Å². The van der Waals surface area contributed by atoms with E-state index in [1.54, 1.807) is 28.2 Å². The first-order valence-electron chi connectivity index (χ1n) is 7.18. The van der Waals surface area contributed by atoms with Gasteiger partial charge in [-0.2, -0.15) is 0 Å². The highest BCUT2D eigenvalue weighted by molar-refractivity contribution is 5.74. The first-order valence-corrected chi connectivity index (χ1v) is 7.18. The third kappa shape index (κ3) is 7.86. The van der Waals surface area contributed by atoms with Gasteiger partial charge in [0, 0.05) is 54.4 Å². The molecule has 0 aliphatic heterocycles. The molecule has 0 bridgehead atoms. The second-order valence-electron chi connectivity index (χ2n) is 4.70. The van der Waals surface area contributed by atoms with Crippen LogP contribution in [0.2, 0.25) is 0 Å². The second kappa shape index (κ2) is 11.4. The summed E-state index contributed by atoms with van der Waals surface area (Å²) in [5.41, 5.74) is 0. The Labute approximate surface area is 124 Å². The van der Waals surface area contributed by atoms with Crippen LogP contribution >= 0.6 is 0 Å². The Bertz CT molecular complexity index is 248. The minimum atomic E-state index is 0.0185. The summed E-state index contributed by atoms with van der Waals surface area (Å²) in [5.74, 6) is 0. The molecule has 0 saturated heterocycles. The van der Waals surface area contributed by atoms with Crippen molar-refractivity contribution in [1.29, 1.82) is 0 Å². The highest BCUT2D eigenvalue weighted by atomic mass is 16.2. The van der Waals surface area contributed by atoms with E-state index in [4.69, 9.17) is 0 Å². The summed E-state index contributed by atoms with van der Waals surface area (Å²) in [5, 5.41) is 0. The van der Waals surface area contributed by atoms with E-state index >= 15 is 0 Å². The summed E-state index contributed by atoms with van der Waals surface area (Å²) in [6, 6.07) is 0.176. The lowest BCUT2D eigenvalue weighted by Crippen LogP contribution is -2.42. The number of hydrogen-bond acceptors (Lipinski definition) is 2. The largest absolute Gasteiger partial charge is 0.331 e. The van der Waals surface area contributed by atoms with Crippen LogP contribution in [0.3, 0.4) is 0 Å². The molecule has 0 N–H and O–H groups in total. The first kappa shape index (κ1) is 20.8. The Hall–Kier alpha value is -1.46. The van der Waals surface area contributed by atoms with Crippen molar-refractivity contribution in [2.75, 3.05) is 54.4 Å². The molecule has 6 heteroatoms. The van der Waals surface area contributed by atoms with Crippen molar-refractivity contribution in [2.24, 2.45) is 0 Å². The third-order valence-corrected chi connectivity index (χ3v) is 2.83. The molecule has 0 spiro atoms. The average Bonchev–Trinajstić information content (AvgIpc) is 2.41. The van der Waals surface area contributed by atoms with Crippen LogP contribution < -0.4 is 0 Å². The van der Waals surface area contributed by atoms with Gasteiger partial charge in [-0.1, -0.05) is 0 Å². The van der Waals surface area contributed by atoms with E-state index in [1.165, 1.54) is 9.80 Å². The van der Waals surface area contributed by atoms with Gasteiger partial charge in [-0.05, 0) is 27.7 Å². The average molecular weight is 288 g/mol. The van der Waals surface area contributed by atoms with Gasteiger partial charge >= 0.3 is 12.1 Å². The molecule has 0 atom stereocenters. The van der Waals surface area contributed by atoms with E-state index in [0.29, 0.717) is 0 Å². The van der Waals surface area contributed by atoms with E-state index < -0.39 is 0 Å². The summed E-state index contributed by atoms with van der Waals surface area (Å²) in [7, 11) is 6.90. The smallest absolute Gasteiger partial charge is 0.319 e. The van der Waals surface area contributed by atoms with Gasteiger partial charge in [0.05, 0.1) is 0 Å². The van der Waals surface area contributed by atoms with Crippen molar-refractivity contribution < 1.29 is 9.59 Å². The van der Waals surface area contributed by atoms with Gasteiger partial charge in [0.25, 0.3) is 0 Å². The summed E-state index contributed by atoms with van der Waals surface area (Å²) in [6.07, 6.45) is 0. The van der Waals surface area contributed by atoms with Crippen molar-refractivity contribution >= 4 is 12.1 Å². The van der Waals surface area contributed by atoms with Gasteiger partial charge in [0.1, 0.15) is 0 Å². The molecule has 0 rings (SSSR count). The molecule has 4 amide bonds. The fraction of sp³-hybridized carbons (Fsp3) is 0.857. The fourth-order valence-corrected chi connectivity index (χ4v) is 1.59. The molecule has 6 nitrogen and oxygen atoms in total. The lowest BCUT2D eigenvalue weighted by molar-refractivity contribution is 0.162. The number of amides is 4. The minimum Gasteiger partial charge on any atom is -0.331 e. The molecule has 0 aromatic heterocycles. The number of rotatable bonds is 4. The van der Waals surface area contributed by atoms with E-state index in [-0.39, 0.29) is 12.1 Å². The zero-order valence-electron chi connectivity index (χ0n) is 14.4. The molecule has 0 radical (unpaired) electrons. The molecule has 120 valence electrons. The molecular weight excluding hydrogens is 256 g/mol. The Morgan fingerprint density at radius 3 is 0.950 bits per heavy atom. The van der Waals surface area contributed by atoms with Crippen LogP contribution in [-0.2, 0) is 0 Å². The molecule has 0 aromatic carbocycles. The molecule has 0 heterocycles. The van der Waals surface area contributed by atoms with E-state index in [1.807, 2.05) is 37.5 Å². The van der Waals surface area contributed by atoms with Crippen LogP contribution in [0.4, 0.5) is 9.59 Å². The lowest BCUT2D eigenvalue weighted by atomic mass is 10.5. The Kier molecular flexibility index (Phi) is 11.9. The number of carbonyl (C=O) groups is 2. The quantitative estimate of drug-likeness (QED) is 0.794. The monoisotopic (exact) mass is 288 g/mol. The van der Waals surface area contributed by atoms with Crippen LogP contribution in [0.1, 0.15) is 27.7 Å². The van der Waals surface area contributed by atoms with Crippen molar-refractivity contribution in [2.45, 2.75) is 27.7 Å². The van der Waals surface area contributed by atoms with Gasteiger partial charge in [-0.15, -0.1) is 0 Å². The summed E-state index contributed by atoms with van der Waals surface area (Å²) in [4.78, 5) is 29.1. The standard InChI is InChI=1S/C9H20N2O.C5H12N2O/c1-5-10(6-2)9(12)11(7-3)8-4;1-6(2)5(8)7(3)4/h5-8H2,1-4H3;1-4H3. The highest BCUT2D eigenvalue weighted by Crippen LogP contribution is 1.97. The molecule has 0 saturated carbocycles. The van der Waals surface area contributed by atoms with E-state index in [2.05, 4.69) is 0 Å². The van der Waals surface area contributed by atoms with Crippen LogP contribution in [0, 0.1) is 0 Å². The molecule has 0 aliphatic carbocycles. The molecule has 20 heavy (non-hydrogen) atoms. The number of hydrogen-bond donors (Lipinski definition) is 0. The van der Waals surface area contributed by atoms with Crippen molar-refractivity contribution in [3.63, 3.8) is 0 Å². The predicted octanol–water partition coefficient (Wildman–Crippen LogP) is 2.02. The molecule has 0 unspecified atom stereocenters. The zero-order valence-corrected chi connectivity index (χ0v) is 14.4. The van der Waals surface area contributed by atoms with Crippen molar-refractivity contribution in [3.05, 3.63) is 0 Å². The Morgan fingerprint density at radius 1 is 0.600 bits per heavy atom. The molecule has 0 aliphatic rings. The zero-order chi connectivity index (χ0) is 16.3. The fourth-order valence-electron chi connectivity index (χ4n) is 1.59. The predicted molar refractivity (Wildman–Crippen MR) is 84.0 cm³/mol. The van der Waals surface area contributed by atoms with Crippen LogP contribution in [0.5, 0.6) is 0 Å². The highest BCUT2D eigenvalue weighted by Gasteiger charge is 2.14. The van der Waals surface area contributed by atoms with E-state index in [0.717, 1.165) is 26.2 Å². The topological polar surface area (TPSA) is 47.1 Å². The third-order valence-electron chi connectivity index (χ3n) is 2.83. The first-order chi connectivity index (χ1) is 9.26. The van der Waals surface area contributed by atoms with Gasteiger partial charge < -0.3 is 19.6 Å². The van der Waals surface area contributed by atoms with Crippen LogP contribution in [-0.4, -0.2) is 86.0 Å². The Morgan fingerprint density at radius 2 is 0.850 bits per heavy atom. The maximum atomic E-state index is 11.6. The van der Waals surface area contributed by atoms with Gasteiger partial charge in [-0.25, -0.2) is 9.59 Å². The normalized spacial score (nSPS) is 9.20. The summed E-state index contributed by atoms with van der Waals surface area (Å²) in [6.45, 7) is 11.2. The lowest BCUT2D eigenvalue weighted by Gasteiger charge is -2.27. The molecule has 0 aromatic rings. The van der Waals surface area contributed by atoms with E-state index in [9.17, 15) is 9.59 Å². The Balaban J connectivity index is 0. The van der Waals surface area contributed by atoms with Crippen molar-refractivity contribution in [1.82, 2.24) is 19.6 Å². The summed E-state index contributed by atoms with van der Waals surface area (Å²) >= 11 is 0. The van der Waals surface area contributed by atoms with Gasteiger partial charge in [0.2, 0.25) is 0 Å². The van der Waals surface area contributed by atoms with Crippen LogP contribution in [0.15, 0.2) is 0 Å². The maximum Gasteiger partial charge on any atom is 0.319 e. The molecular formula is C14H32N4O2. The summed E-state index contributed by atoms with van der Waals surface area (Å²) < 4.78 is 0. The van der Waals surface area contributed by atoms with Crippen LogP contribution in [0.25, 0.3) is 0 Å². The number of urea groups is 2. The number of nitrogens with zero attached hydrogens (tertiary/aromatic N) is 4.